The standard InChI is InChI=1S/C76H148O17P2/c1-66(2)52-44-36-28-22-17-13-10-9-11-15-19-25-31-40-48-56-73(78)86-62-71(92-76(81)59-51-43-33-27-21-24-30-38-46-54-68(5)6)64-90-94(82,83)88-60-70(77)61-89-95(84,85)91-65-72(63-87-74(79)57-49-41-35-34-39-47-55-69(7)8)93-75(80)58-50-42-32-26-20-16-12-14-18-23-29-37-45-53-67(3)4/h66-72,77H,9-65H2,1-8H3,(H,82,83)(H,84,85)/t70-,71-,72-/m1/s1. The Morgan fingerprint density at radius 1 is 0.263 bits per heavy atom. The van der Waals surface area contributed by atoms with Crippen molar-refractivity contribution in [2.75, 3.05) is 39.6 Å². The van der Waals surface area contributed by atoms with Gasteiger partial charge < -0.3 is 33.8 Å². The van der Waals surface area contributed by atoms with Crippen LogP contribution in [-0.2, 0) is 65.4 Å². The fourth-order valence-corrected chi connectivity index (χ4v) is 13.1. The van der Waals surface area contributed by atoms with Crippen LogP contribution < -0.4 is 0 Å². The molecule has 95 heavy (non-hydrogen) atoms. The molecule has 0 aliphatic carbocycles. The minimum absolute atomic E-state index is 0.105. The largest absolute Gasteiger partial charge is 0.472 e. The lowest BCUT2D eigenvalue weighted by atomic mass is 10.0. The smallest absolute Gasteiger partial charge is 0.462 e. The first-order valence-corrected chi connectivity index (χ1v) is 42.2. The second kappa shape index (κ2) is 65.4. The van der Waals surface area contributed by atoms with E-state index in [0.29, 0.717) is 31.6 Å². The van der Waals surface area contributed by atoms with E-state index in [1.54, 1.807) is 0 Å². The predicted molar refractivity (Wildman–Crippen MR) is 386 cm³/mol. The number of rotatable bonds is 73. The van der Waals surface area contributed by atoms with Gasteiger partial charge in [-0.15, -0.1) is 0 Å². The Kier molecular flexibility index (Phi) is 64.0. The number of esters is 4. The van der Waals surface area contributed by atoms with Crippen LogP contribution in [0.3, 0.4) is 0 Å². The molecule has 3 N–H and O–H groups in total. The zero-order valence-electron chi connectivity index (χ0n) is 62.3. The monoisotopic (exact) mass is 1400 g/mol. The molecular formula is C76H148O17P2. The molecule has 0 aromatic heterocycles. The second-order valence-corrected chi connectivity index (χ2v) is 32.2. The average molecular weight is 1400 g/mol. The van der Waals surface area contributed by atoms with E-state index in [-0.39, 0.29) is 25.7 Å². The van der Waals surface area contributed by atoms with Gasteiger partial charge in [-0.3, -0.25) is 37.3 Å². The van der Waals surface area contributed by atoms with Gasteiger partial charge in [0.1, 0.15) is 19.3 Å². The average Bonchev–Trinajstić information content (AvgIpc) is 1.72. The summed E-state index contributed by atoms with van der Waals surface area (Å²) < 4.78 is 68.5. The van der Waals surface area contributed by atoms with Crippen LogP contribution in [0.5, 0.6) is 0 Å². The highest BCUT2D eigenvalue weighted by atomic mass is 31.2. The third-order valence-corrected chi connectivity index (χ3v) is 19.5. The van der Waals surface area contributed by atoms with Crippen molar-refractivity contribution in [1.29, 1.82) is 0 Å². The molecule has 0 amide bonds. The Morgan fingerprint density at radius 2 is 0.442 bits per heavy atom. The first-order chi connectivity index (χ1) is 45.6. The first kappa shape index (κ1) is 93.1. The van der Waals surface area contributed by atoms with E-state index in [1.807, 2.05) is 0 Å². The van der Waals surface area contributed by atoms with Crippen LogP contribution in [0.1, 0.15) is 383 Å². The summed E-state index contributed by atoms with van der Waals surface area (Å²) in [6.07, 6.45) is 50.1. The normalized spacial score (nSPS) is 14.1. The van der Waals surface area contributed by atoms with Crippen molar-refractivity contribution in [3.63, 3.8) is 0 Å². The molecule has 0 saturated carbocycles. The van der Waals surface area contributed by atoms with Crippen molar-refractivity contribution < 1.29 is 80.2 Å². The maximum absolute atomic E-state index is 13.1. The first-order valence-electron chi connectivity index (χ1n) is 39.2. The maximum Gasteiger partial charge on any atom is 0.472 e. The van der Waals surface area contributed by atoms with E-state index in [4.69, 9.17) is 37.0 Å². The highest BCUT2D eigenvalue weighted by Gasteiger charge is 2.30. The van der Waals surface area contributed by atoms with Crippen molar-refractivity contribution >= 4 is 39.5 Å². The van der Waals surface area contributed by atoms with Crippen LogP contribution in [0.25, 0.3) is 0 Å². The Hall–Kier alpha value is -1.94. The molecule has 0 heterocycles. The predicted octanol–water partition coefficient (Wildman–Crippen LogP) is 22.0. The SMILES string of the molecule is CC(C)CCCCCCCCCCCCCCCCCC(=O)OC[C@H](COP(=O)(O)OC[C@@H](O)COP(=O)(O)OC[C@@H](COC(=O)CCCCCCCCC(C)C)OC(=O)CCCCCCCCCCCCCCCC(C)C)OC(=O)CCCCCCCCCCCC(C)C. The van der Waals surface area contributed by atoms with Crippen LogP contribution in [0.2, 0.25) is 0 Å². The molecule has 0 aliphatic rings. The number of carbonyl (C=O) groups excluding carboxylic acids is 4. The van der Waals surface area contributed by atoms with E-state index in [1.165, 1.54) is 180 Å². The highest BCUT2D eigenvalue weighted by Crippen LogP contribution is 2.45. The zero-order valence-corrected chi connectivity index (χ0v) is 64.1. The molecule has 0 rings (SSSR count). The number of hydrogen-bond acceptors (Lipinski definition) is 15. The van der Waals surface area contributed by atoms with Gasteiger partial charge in [0.05, 0.1) is 26.4 Å². The molecule has 19 heteroatoms. The van der Waals surface area contributed by atoms with E-state index >= 15 is 0 Å². The van der Waals surface area contributed by atoms with Gasteiger partial charge in [-0.05, 0) is 49.4 Å². The van der Waals surface area contributed by atoms with Crippen LogP contribution in [-0.4, -0.2) is 96.7 Å². The molecule has 0 radical (unpaired) electrons. The van der Waals surface area contributed by atoms with Crippen LogP contribution in [0.4, 0.5) is 0 Å². The zero-order chi connectivity index (χ0) is 70.3. The molecule has 0 fully saturated rings. The summed E-state index contributed by atoms with van der Waals surface area (Å²) in [6.45, 7) is 14.1. The van der Waals surface area contributed by atoms with Crippen molar-refractivity contribution in [3.05, 3.63) is 0 Å². The molecule has 5 atom stereocenters. The fraction of sp³-hybridized carbons (Fsp3) is 0.947. The molecule has 17 nitrogen and oxygen atoms in total. The number of phosphoric ester groups is 2. The third-order valence-electron chi connectivity index (χ3n) is 17.6. The summed E-state index contributed by atoms with van der Waals surface area (Å²) in [5.74, 6) is 0.886. The Bertz CT molecular complexity index is 1870. The van der Waals surface area contributed by atoms with Gasteiger partial charge in [-0.1, -0.05) is 331 Å². The summed E-state index contributed by atoms with van der Waals surface area (Å²) in [5, 5.41) is 10.6. The fourth-order valence-electron chi connectivity index (χ4n) is 11.6. The van der Waals surface area contributed by atoms with Gasteiger partial charge in [0.25, 0.3) is 0 Å². The van der Waals surface area contributed by atoms with Gasteiger partial charge >= 0.3 is 39.5 Å². The number of aliphatic hydroxyl groups is 1. The minimum Gasteiger partial charge on any atom is -0.462 e. The highest BCUT2D eigenvalue weighted by molar-refractivity contribution is 7.47. The van der Waals surface area contributed by atoms with Crippen LogP contribution in [0, 0.1) is 23.7 Å². The van der Waals surface area contributed by atoms with Crippen molar-refractivity contribution in [2.45, 2.75) is 401 Å². The molecular weight excluding hydrogens is 1250 g/mol. The summed E-state index contributed by atoms with van der Waals surface area (Å²) in [7, 11) is -9.91. The van der Waals surface area contributed by atoms with E-state index in [0.717, 1.165) is 114 Å². The Balaban J connectivity index is 5.20. The molecule has 0 aliphatic heterocycles. The number of ether oxygens (including phenoxy) is 4. The quantitative estimate of drug-likeness (QED) is 0.0222. The van der Waals surface area contributed by atoms with Crippen molar-refractivity contribution in [3.8, 4) is 0 Å². The molecule has 0 spiro atoms. The van der Waals surface area contributed by atoms with Crippen molar-refractivity contribution in [1.82, 2.24) is 0 Å². The molecule has 0 aromatic carbocycles. The lowest BCUT2D eigenvalue weighted by Crippen LogP contribution is -2.30. The lowest BCUT2D eigenvalue weighted by molar-refractivity contribution is -0.161. The summed E-state index contributed by atoms with van der Waals surface area (Å²) in [5.41, 5.74) is 0. The van der Waals surface area contributed by atoms with E-state index in [2.05, 4.69) is 55.4 Å². The summed E-state index contributed by atoms with van der Waals surface area (Å²) in [6, 6.07) is 0. The number of phosphoric acid groups is 2. The maximum atomic E-state index is 13.1. The number of hydrogen-bond donors (Lipinski definition) is 3. The Morgan fingerprint density at radius 3 is 0.653 bits per heavy atom. The minimum atomic E-state index is -4.96. The third kappa shape index (κ3) is 70.3. The molecule has 2 unspecified atom stereocenters. The number of unbranched alkanes of at least 4 members (excludes halogenated alkanes) is 39. The second-order valence-electron chi connectivity index (χ2n) is 29.3. The molecule has 0 saturated heterocycles. The summed E-state index contributed by atoms with van der Waals surface area (Å²) in [4.78, 5) is 72.8. The number of carbonyl (C=O) groups is 4. The van der Waals surface area contributed by atoms with Gasteiger partial charge in [0.2, 0.25) is 0 Å². The molecule has 564 valence electrons. The van der Waals surface area contributed by atoms with E-state index < -0.39 is 97.5 Å². The lowest BCUT2D eigenvalue weighted by Gasteiger charge is -2.21. The Labute approximate surface area is 581 Å². The van der Waals surface area contributed by atoms with Gasteiger partial charge in [-0.25, -0.2) is 9.13 Å². The van der Waals surface area contributed by atoms with Gasteiger partial charge in [0, 0.05) is 25.7 Å². The van der Waals surface area contributed by atoms with Gasteiger partial charge in [-0.2, -0.15) is 0 Å². The van der Waals surface area contributed by atoms with Crippen LogP contribution >= 0.6 is 15.6 Å². The van der Waals surface area contributed by atoms with Crippen molar-refractivity contribution in [2.24, 2.45) is 23.7 Å². The molecule has 0 bridgehead atoms. The topological polar surface area (TPSA) is 237 Å². The summed E-state index contributed by atoms with van der Waals surface area (Å²) >= 11 is 0. The van der Waals surface area contributed by atoms with Crippen LogP contribution in [0.15, 0.2) is 0 Å². The van der Waals surface area contributed by atoms with E-state index in [9.17, 15) is 43.2 Å². The van der Waals surface area contributed by atoms with Gasteiger partial charge in [0.15, 0.2) is 12.2 Å². The molecule has 0 aromatic rings. The number of aliphatic hydroxyl groups excluding tert-OH is 1.